The van der Waals surface area contributed by atoms with Crippen LogP contribution in [0.2, 0.25) is 0 Å². The van der Waals surface area contributed by atoms with Gasteiger partial charge in [-0.2, -0.15) is 0 Å². The van der Waals surface area contributed by atoms with Gasteiger partial charge in [0.15, 0.2) is 0 Å². The third kappa shape index (κ3) is 6.77. The van der Waals surface area contributed by atoms with Crippen molar-refractivity contribution < 1.29 is 34.5 Å². The molecule has 0 amide bonds. The number of carbonyl (C=O) groups excluding carboxylic acids is 1. The summed E-state index contributed by atoms with van der Waals surface area (Å²) in [5.74, 6) is -2.54. The summed E-state index contributed by atoms with van der Waals surface area (Å²) in [7, 11) is 0. The second-order valence-electron chi connectivity index (χ2n) is 8.98. The number of non-ortho nitro benzene ring substituents is 3. The standard InChI is InChI=1S/C26H25N3O10/c1-15(24(31)17-3-9-20(10-4-17)27(33)34)23(30)16(2)25(18-5-11-21(12-6-18)28(35)36)39-26(32)19-7-13-22(14-8-19)29(37)38/h3-16,23-25,30-31H,1-2H3/t15-,16+,23+,24-,25+/m0/s1. The summed E-state index contributed by atoms with van der Waals surface area (Å²) in [6.45, 7) is 3.12. The van der Waals surface area contributed by atoms with E-state index in [9.17, 15) is 45.4 Å². The fraction of sp³-hybridized carbons (Fsp3) is 0.269. The third-order valence-electron chi connectivity index (χ3n) is 6.48. The lowest BCUT2D eigenvalue weighted by molar-refractivity contribution is -0.385. The lowest BCUT2D eigenvalue weighted by atomic mass is 9.82. The Bertz CT molecular complexity index is 1340. The quantitative estimate of drug-likeness (QED) is 0.196. The average Bonchev–Trinajstić information content (AvgIpc) is 2.94. The number of esters is 1. The molecule has 0 spiro atoms. The van der Waals surface area contributed by atoms with Crippen LogP contribution in [0.1, 0.15) is 47.5 Å². The summed E-state index contributed by atoms with van der Waals surface area (Å²) in [5, 5.41) is 54.9. The maximum Gasteiger partial charge on any atom is 0.338 e. The minimum Gasteiger partial charge on any atom is -0.454 e. The van der Waals surface area contributed by atoms with Gasteiger partial charge >= 0.3 is 5.97 Å². The number of rotatable bonds is 11. The molecule has 0 bridgehead atoms. The second-order valence-corrected chi connectivity index (χ2v) is 8.98. The molecule has 3 aromatic carbocycles. The van der Waals surface area contributed by atoms with Gasteiger partial charge in [-0.3, -0.25) is 30.3 Å². The molecule has 0 aliphatic carbocycles. The first kappa shape index (κ1) is 28.8. The topological polar surface area (TPSA) is 196 Å². The highest BCUT2D eigenvalue weighted by Crippen LogP contribution is 2.36. The van der Waals surface area contributed by atoms with E-state index in [-0.39, 0.29) is 22.6 Å². The molecule has 0 saturated carbocycles. The van der Waals surface area contributed by atoms with Crippen molar-refractivity contribution in [2.24, 2.45) is 11.8 Å². The van der Waals surface area contributed by atoms with Crippen molar-refractivity contribution in [2.75, 3.05) is 0 Å². The zero-order valence-electron chi connectivity index (χ0n) is 20.8. The minimum atomic E-state index is -1.28. The Morgan fingerprint density at radius 1 is 0.667 bits per heavy atom. The fourth-order valence-corrected chi connectivity index (χ4v) is 4.11. The highest BCUT2D eigenvalue weighted by atomic mass is 16.6. The number of hydrogen-bond donors (Lipinski definition) is 2. The van der Waals surface area contributed by atoms with E-state index in [0.717, 1.165) is 12.1 Å². The van der Waals surface area contributed by atoms with Gasteiger partial charge in [0.1, 0.15) is 6.10 Å². The van der Waals surface area contributed by atoms with Crippen LogP contribution in [0, 0.1) is 42.2 Å². The Balaban J connectivity index is 1.88. The van der Waals surface area contributed by atoms with Gasteiger partial charge in [0.2, 0.25) is 0 Å². The van der Waals surface area contributed by atoms with Gasteiger partial charge in [0, 0.05) is 48.2 Å². The van der Waals surface area contributed by atoms with Crippen LogP contribution in [0.25, 0.3) is 0 Å². The Morgan fingerprint density at radius 2 is 1.05 bits per heavy atom. The highest BCUT2D eigenvalue weighted by Gasteiger charge is 2.35. The summed E-state index contributed by atoms with van der Waals surface area (Å²) < 4.78 is 5.69. The van der Waals surface area contributed by atoms with E-state index >= 15 is 0 Å². The van der Waals surface area contributed by atoms with Crippen LogP contribution in [-0.2, 0) is 4.74 Å². The SMILES string of the molecule is C[C@H]([C@H](O)[C@H](C)[C@H](O)c1ccc([N+](=O)[O-])cc1)[C@@H](OC(=O)c1ccc([N+](=O)[O-])cc1)c1ccc([N+](=O)[O-])cc1. The smallest absolute Gasteiger partial charge is 0.338 e. The van der Waals surface area contributed by atoms with Crippen LogP contribution >= 0.6 is 0 Å². The number of benzene rings is 3. The van der Waals surface area contributed by atoms with Crippen LogP contribution in [0.4, 0.5) is 17.1 Å². The lowest BCUT2D eigenvalue weighted by Crippen LogP contribution is -2.35. The molecule has 0 fully saturated rings. The van der Waals surface area contributed by atoms with E-state index < -0.39 is 50.9 Å². The minimum absolute atomic E-state index is 0.00756. The molecular formula is C26H25N3O10. The molecule has 13 nitrogen and oxygen atoms in total. The maximum atomic E-state index is 12.9. The Labute approximate surface area is 221 Å². The summed E-state index contributed by atoms with van der Waals surface area (Å²) in [5.41, 5.74) is 0.0799. The van der Waals surface area contributed by atoms with Gasteiger partial charge in [0.05, 0.1) is 32.5 Å². The number of hydrogen-bond acceptors (Lipinski definition) is 10. The first-order chi connectivity index (χ1) is 18.4. The predicted octanol–water partition coefficient (Wildman–Crippen LogP) is 4.68. The molecule has 204 valence electrons. The zero-order valence-corrected chi connectivity index (χ0v) is 20.8. The van der Waals surface area contributed by atoms with Gasteiger partial charge in [-0.05, 0) is 47.5 Å². The van der Waals surface area contributed by atoms with E-state index in [1.165, 1.54) is 60.7 Å². The van der Waals surface area contributed by atoms with Crippen molar-refractivity contribution >= 4 is 23.0 Å². The van der Waals surface area contributed by atoms with Crippen LogP contribution in [0.15, 0.2) is 72.8 Å². The number of nitrogens with zero attached hydrogens (tertiary/aromatic N) is 3. The van der Waals surface area contributed by atoms with Crippen LogP contribution in [0.5, 0.6) is 0 Å². The van der Waals surface area contributed by atoms with Crippen molar-refractivity contribution in [2.45, 2.75) is 32.2 Å². The van der Waals surface area contributed by atoms with Crippen LogP contribution < -0.4 is 0 Å². The van der Waals surface area contributed by atoms with Crippen molar-refractivity contribution in [3.8, 4) is 0 Å². The lowest BCUT2D eigenvalue weighted by Gasteiger charge is -2.33. The van der Waals surface area contributed by atoms with E-state index in [0.29, 0.717) is 11.1 Å². The maximum absolute atomic E-state index is 12.9. The molecule has 0 heterocycles. The summed E-state index contributed by atoms with van der Waals surface area (Å²) in [4.78, 5) is 44.1. The number of nitro benzene ring substituents is 3. The first-order valence-electron chi connectivity index (χ1n) is 11.7. The average molecular weight is 539 g/mol. The van der Waals surface area contributed by atoms with Gasteiger partial charge in [-0.1, -0.05) is 13.8 Å². The van der Waals surface area contributed by atoms with Crippen LogP contribution in [0.3, 0.4) is 0 Å². The molecule has 0 radical (unpaired) electrons. The monoisotopic (exact) mass is 539 g/mol. The van der Waals surface area contributed by atoms with Crippen molar-refractivity contribution in [1.29, 1.82) is 0 Å². The molecule has 3 aromatic rings. The van der Waals surface area contributed by atoms with E-state index in [4.69, 9.17) is 4.74 Å². The second kappa shape index (κ2) is 12.2. The number of aliphatic hydroxyl groups is 2. The van der Waals surface area contributed by atoms with Gasteiger partial charge in [-0.25, -0.2) is 4.79 Å². The Kier molecular flexibility index (Phi) is 9.01. The highest BCUT2D eigenvalue weighted by molar-refractivity contribution is 5.89. The Morgan fingerprint density at radius 3 is 1.46 bits per heavy atom. The summed E-state index contributed by atoms with van der Waals surface area (Å²) in [6, 6.07) is 15.1. The fourth-order valence-electron chi connectivity index (χ4n) is 4.11. The number of carbonyl (C=O) groups is 1. The van der Waals surface area contributed by atoms with Gasteiger partial charge in [-0.15, -0.1) is 0 Å². The predicted molar refractivity (Wildman–Crippen MR) is 137 cm³/mol. The molecule has 0 saturated heterocycles. The van der Waals surface area contributed by atoms with Gasteiger partial charge in [0.25, 0.3) is 17.1 Å². The first-order valence-corrected chi connectivity index (χ1v) is 11.7. The molecule has 39 heavy (non-hydrogen) atoms. The molecule has 3 rings (SSSR count). The van der Waals surface area contributed by atoms with E-state index in [2.05, 4.69) is 0 Å². The summed E-state index contributed by atoms with van der Waals surface area (Å²) in [6.07, 6.45) is -3.64. The molecule has 0 unspecified atom stereocenters. The molecule has 2 N–H and O–H groups in total. The number of nitro groups is 3. The molecule has 0 aliphatic heterocycles. The Hall–Kier alpha value is -4.75. The van der Waals surface area contributed by atoms with Crippen molar-refractivity contribution in [3.05, 3.63) is 120 Å². The van der Waals surface area contributed by atoms with Crippen molar-refractivity contribution in [3.63, 3.8) is 0 Å². The van der Waals surface area contributed by atoms with E-state index in [1.807, 2.05) is 0 Å². The zero-order chi connectivity index (χ0) is 28.9. The normalized spacial score (nSPS) is 14.9. The number of aliphatic hydroxyl groups excluding tert-OH is 2. The molecular weight excluding hydrogens is 514 g/mol. The van der Waals surface area contributed by atoms with Crippen molar-refractivity contribution in [1.82, 2.24) is 0 Å². The van der Waals surface area contributed by atoms with Gasteiger partial charge < -0.3 is 14.9 Å². The molecule has 0 aromatic heterocycles. The van der Waals surface area contributed by atoms with E-state index in [1.54, 1.807) is 13.8 Å². The number of ether oxygens (including phenoxy) is 1. The summed E-state index contributed by atoms with van der Waals surface area (Å²) >= 11 is 0. The molecule has 0 aliphatic rings. The third-order valence-corrected chi connectivity index (χ3v) is 6.48. The van der Waals surface area contributed by atoms with Crippen LogP contribution in [-0.4, -0.2) is 37.1 Å². The largest absolute Gasteiger partial charge is 0.454 e. The molecule has 13 heteroatoms. The molecule has 5 atom stereocenters.